The van der Waals surface area contributed by atoms with Gasteiger partial charge >= 0.3 is 0 Å². The van der Waals surface area contributed by atoms with Crippen molar-refractivity contribution < 1.29 is 0 Å². The van der Waals surface area contributed by atoms with E-state index in [2.05, 4.69) is 205 Å². The molecule has 2 heterocycles. The molecule has 284 valence electrons. The van der Waals surface area contributed by atoms with Gasteiger partial charge in [-0.3, -0.25) is 4.98 Å². The zero-order chi connectivity index (χ0) is 40.3. The highest BCUT2D eigenvalue weighted by Gasteiger charge is 2.16. The molecule has 4 heteroatoms. The molecule has 0 amide bonds. The van der Waals surface area contributed by atoms with E-state index < -0.39 is 0 Å². The van der Waals surface area contributed by atoms with Gasteiger partial charge in [0.05, 0.1) is 5.69 Å². The van der Waals surface area contributed by atoms with Crippen LogP contribution in [0.25, 0.3) is 115 Å². The number of hydrogen-bond acceptors (Lipinski definition) is 3. The fourth-order valence-corrected chi connectivity index (χ4v) is 8.97. The lowest BCUT2D eigenvalue weighted by molar-refractivity contribution is 0.766. The molecular formula is C57H36N4. The van der Waals surface area contributed by atoms with E-state index >= 15 is 0 Å². The van der Waals surface area contributed by atoms with Crippen molar-refractivity contribution in [3.05, 3.63) is 219 Å². The van der Waals surface area contributed by atoms with E-state index in [0.717, 1.165) is 50.1 Å². The largest absolute Gasteiger partial charge is 0.264 e. The van der Waals surface area contributed by atoms with Gasteiger partial charge in [0.25, 0.3) is 0 Å². The van der Waals surface area contributed by atoms with E-state index in [1.807, 2.05) is 12.3 Å². The Morgan fingerprint density at radius 1 is 0.311 bits per heavy atom. The summed E-state index contributed by atoms with van der Waals surface area (Å²) in [6.45, 7) is 0. The normalized spacial score (nSPS) is 11.6. The van der Waals surface area contributed by atoms with Gasteiger partial charge in [-0.1, -0.05) is 152 Å². The molecule has 0 N–H and O–H groups in total. The summed E-state index contributed by atoms with van der Waals surface area (Å²) in [6.07, 6.45) is 3.68. The first-order valence-electron chi connectivity index (χ1n) is 20.7. The minimum Gasteiger partial charge on any atom is -0.264 e. The highest BCUT2D eigenvalue weighted by molar-refractivity contribution is 6.03. The molecule has 0 saturated heterocycles. The van der Waals surface area contributed by atoms with Crippen molar-refractivity contribution in [2.45, 2.75) is 0 Å². The van der Waals surface area contributed by atoms with Gasteiger partial charge in [0, 0.05) is 18.0 Å². The van der Waals surface area contributed by atoms with Gasteiger partial charge in [-0.15, -0.1) is 10.2 Å². The summed E-state index contributed by atoms with van der Waals surface area (Å²) in [7, 11) is 0. The third kappa shape index (κ3) is 6.21. The second-order valence-electron chi connectivity index (χ2n) is 15.8. The second-order valence-corrected chi connectivity index (χ2v) is 15.8. The Balaban J connectivity index is 0.968. The molecule has 0 spiro atoms. The monoisotopic (exact) mass is 776 g/mol. The zero-order valence-electron chi connectivity index (χ0n) is 33.1. The number of pyridine rings is 1. The van der Waals surface area contributed by atoms with Crippen LogP contribution in [0.3, 0.4) is 0 Å². The molecule has 0 aliphatic rings. The Morgan fingerprint density at radius 3 is 1.43 bits per heavy atom. The summed E-state index contributed by atoms with van der Waals surface area (Å²) in [6, 6.07) is 74.2. The van der Waals surface area contributed by atoms with E-state index in [9.17, 15) is 0 Å². The van der Waals surface area contributed by atoms with Crippen LogP contribution in [0.5, 0.6) is 0 Å². The lowest BCUT2D eigenvalue weighted by atomic mass is 9.92. The van der Waals surface area contributed by atoms with Crippen LogP contribution in [0.1, 0.15) is 0 Å². The SMILES string of the molecule is c1cncc(-c2ccc(-n3nc4cc(-c5ccc6cc(-c7cccc8ccccc78)ccc6c5)cc(-c5ccc6cc(-c7cccc8ccccc78)ccc6c5)c4n3)cc2)c1. The Kier molecular flexibility index (Phi) is 8.13. The molecule has 0 radical (unpaired) electrons. The average molecular weight is 777 g/mol. The Bertz CT molecular complexity index is 3630. The van der Waals surface area contributed by atoms with Crippen LogP contribution in [0.2, 0.25) is 0 Å². The topological polar surface area (TPSA) is 43.6 Å². The van der Waals surface area contributed by atoms with Gasteiger partial charge in [0.1, 0.15) is 11.0 Å². The van der Waals surface area contributed by atoms with Crippen molar-refractivity contribution in [2.24, 2.45) is 0 Å². The van der Waals surface area contributed by atoms with Gasteiger partial charge in [-0.05, 0) is 148 Å². The molecule has 12 aromatic rings. The summed E-state index contributed by atoms with van der Waals surface area (Å²) in [5.74, 6) is 0. The molecule has 0 atom stereocenters. The molecule has 0 fully saturated rings. The van der Waals surface area contributed by atoms with Crippen LogP contribution < -0.4 is 0 Å². The fraction of sp³-hybridized carbons (Fsp3) is 0. The van der Waals surface area contributed by atoms with E-state index in [1.165, 1.54) is 65.3 Å². The molecule has 0 aliphatic heterocycles. The Morgan fingerprint density at radius 2 is 0.836 bits per heavy atom. The first-order valence-corrected chi connectivity index (χ1v) is 20.7. The molecule has 12 rings (SSSR count). The van der Waals surface area contributed by atoms with Gasteiger partial charge < -0.3 is 0 Å². The Labute approximate surface area is 352 Å². The van der Waals surface area contributed by atoms with E-state index in [1.54, 1.807) is 11.0 Å². The molecule has 0 saturated carbocycles. The molecule has 61 heavy (non-hydrogen) atoms. The quantitative estimate of drug-likeness (QED) is 0.169. The summed E-state index contributed by atoms with van der Waals surface area (Å²) in [5, 5.41) is 20.0. The van der Waals surface area contributed by atoms with Crippen LogP contribution in [0.15, 0.2) is 219 Å². The van der Waals surface area contributed by atoms with Crippen LogP contribution in [0, 0.1) is 0 Å². The fourth-order valence-electron chi connectivity index (χ4n) is 8.97. The van der Waals surface area contributed by atoms with E-state index in [0.29, 0.717) is 0 Å². The van der Waals surface area contributed by atoms with Crippen molar-refractivity contribution in [1.29, 1.82) is 0 Å². The third-order valence-electron chi connectivity index (χ3n) is 12.1. The highest BCUT2D eigenvalue weighted by atomic mass is 15.5. The maximum Gasteiger partial charge on any atom is 0.121 e. The van der Waals surface area contributed by atoms with Crippen molar-refractivity contribution in [3.63, 3.8) is 0 Å². The average Bonchev–Trinajstić information content (AvgIpc) is 3.78. The minimum atomic E-state index is 0.835. The molecule has 0 bridgehead atoms. The Hall–Kier alpha value is -8.21. The van der Waals surface area contributed by atoms with Crippen LogP contribution in [0.4, 0.5) is 0 Å². The molecule has 2 aromatic heterocycles. The number of hydrogen-bond donors (Lipinski definition) is 0. The molecule has 0 aliphatic carbocycles. The number of benzene rings is 10. The van der Waals surface area contributed by atoms with Crippen molar-refractivity contribution >= 4 is 54.1 Å². The predicted molar refractivity (Wildman–Crippen MR) is 254 cm³/mol. The summed E-state index contributed by atoms with van der Waals surface area (Å²) >= 11 is 0. The van der Waals surface area contributed by atoms with Crippen LogP contribution in [-0.2, 0) is 0 Å². The first-order chi connectivity index (χ1) is 30.2. The van der Waals surface area contributed by atoms with Crippen LogP contribution in [-0.4, -0.2) is 20.0 Å². The first kappa shape index (κ1) is 34.8. The molecule has 0 unspecified atom stereocenters. The standard InChI is InChI=1S/C57H36N4/c1-3-13-51-38(8-1)10-5-15-53(51)45-22-19-40-30-44(18-17-41(40)31-45)49-34-55(57-56(35-49)59-61(60-57)50-27-25-37(26-28-50)48-12-7-29-58-36-48)47-24-21-42-32-46(23-20-43(42)33-47)54-16-6-11-39-9-2-4-14-52(39)54/h1-36H. The van der Waals surface area contributed by atoms with Crippen molar-refractivity contribution in [3.8, 4) is 61.3 Å². The maximum absolute atomic E-state index is 5.16. The van der Waals surface area contributed by atoms with Gasteiger partial charge in [0.15, 0.2) is 0 Å². The zero-order valence-corrected chi connectivity index (χ0v) is 33.1. The molecular weight excluding hydrogens is 741 g/mol. The smallest absolute Gasteiger partial charge is 0.121 e. The lowest BCUT2D eigenvalue weighted by Gasteiger charge is -2.12. The summed E-state index contributed by atoms with van der Waals surface area (Å²) < 4.78 is 0. The maximum atomic E-state index is 5.16. The number of fused-ring (bicyclic) bond motifs is 5. The lowest BCUT2D eigenvalue weighted by Crippen LogP contribution is -1.98. The molecule has 10 aromatic carbocycles. The number of rotatable bonds is 6. The third-order valence-corrected chi connectivity index (χ3v) is 12.1. The highest BCUT2D eigenvalue weighted by Crippen LogP contribution is 2.38. The number of nitrogens with zero attached hydrogens (tertiary/aromatic N) is 4. The van der Waals surface area contributed by atoms with E-state index in [-0.39, 0.29) is 0 Å². The van der Waals surface area contributed by atoms with E-state index in [4.69, 9.17) is 10.2 Å². The van der Waals surface area contributed by atoms with Crippen molar-refractivity contribution in [2.75, 3.05) is 0 Å². The van der Waals surface area contributed by atoms with Crippen LogP contribution >= 0.6 is 0 Å². The van der Waals surface area contributed by atoms with Gasteiger partial charge in [-0.2, -0.15) is 4.80 Å². The summed E-state index contributed by atoms with van der Waals surface area (Å²) in [4.78, 5) is 6.06. The molecule has 4 nitrogen and oxygen atoms in total. The minimum absolute atomic E-state index is 0.835. The predicted octanol–water partition coefficient (Wildman–Crippen LogP) is 14.8. The van der Waals surface area contributed by atoms with Gasteiger partial charge in [-0.25, -0.2) is 0 Å². The van der Waals surface area contributed by atoms with Crippen molar-refractivity contribution in [1.82, 2.24) is 20.0 Å². The summed E-state index contributed by atoms with van der Waals surface area (Å²) in [5.41, 5.74) is 14.0. The van der Waals surface area contributed by atoms with Gasteiger partial charge in [0.2, 0.25) is 0 Å². The number of aromatic nitrogens is 4. The second kappa shape index (κ2) is 14.3.